The average molecular weight is 727 g/mol. The fraction of sp³-hybridized carbons (Fsp3) is 0.545. The van der Waals surface area contributed by atoms with E-state index in [-0.39, 0.29) is 6.61 Å². The van der Waals surface area contributed by atoms with Crippen molar-refractivity contribution in [3.05, 3.63) is 35.9 Å². The van der Waals surface area contributed by atoms with E-state index < -0.39 is 103 Å². The summed E-state index contributed by atoms with van der Waals surface area (Å²) in [7, 11) is 0. The molecule has 18 nitrogen and oxygen atoms in total. The number of ether oxygens (including phenoxy) is 9. The van der Waals surface area contributed by atoms with Crippen LogP contribution in [0.3, 0.4) is 0 Å². The Balaban J connectivity index is 2.51. The van der Waals surface area contributed by atoms with Crippen molar-refractivity contribution in [2.75, 3.05) is 0 Å². The number of hydrogen-bond acceptors (Lipinski definition) is 18. The van der Waals surface area contributed by atoms with Gasteiger partial charge in [0.15, 0.2) is 48.8 Å². The number of carbonyl (C=O) groups excluding carboxylic acids is 9. The van der Waals surface area contributed by atoms with E-state index in [0.717, 1.165) is 48.5 Å². The summed E-state index contributed by atoms with van der Waals surface area (Å²) >= 11 is 0. The van der Waals surface area contributed by atoms with Gasteiger partial charge in [-0.05, 0) is 61.0 Å². The molecule has 0 aromatic heterocycles. The van der Waals surface area contributed by atoms with Crippen LogP contribution in [0.25, 0.3) is 0 Å². The lowest BCUT2D eigenvalue weighted by atomic mass is 10.2. The normalized spacial score (nSPS) is 15.3. The maximum atomic E-state index is 12.4. The highest BCUT2D eigenvalue weighted by Gasteiger charge is 2.33. The summed E-state index contributed by atoms with van der Waals surface area (Å²) in [4.78, 5) is 109. The zero-order valence-electron chi connectivity index (χ0n) is 29.6. The molecular formula is C33H42O18. The fourth-order valence-corrected chi connectivity index (χ4v) is 3.37. The Morgan fingerprint density at radius 2 is 0.627 bits per heavy atom. The van der Waals surface area contributed by atoms with Crippen LogP contribution in [0.4, 0.5) is 0 Å². The summed E-state index contributed by atoms with van der Waals surface area (Å²) < 4.78 is 44.1. The molecule has 0 aliphatic carbocycles. The number of hydrogen-bond donors (Lipinski definition) is 0. The molecule has 1 rings (SSSR count). The molecule has 0 fully saturated rings. The predicted octanol–water partition coefficient (Wildman–Crippen LogP) is 1.20. The van der Waals surface area contributed by atoms with Gasteiger partial charge in [-0.1, -0.05) is 30.3 Å². The average Bonchev–Trinajstić information content (AvgIpc) is 3.06. The van der Waals surface area contributed by atoms with Gasteiger partial charge in [0.1, 0.15) is 6.61 Å². The van der Waals surface area contributed by atoms with Crippen LogP contribution in [0.15, 0.2) is 30.3 Å². The zero-order valence-corrected chi connectivity index (χ0v) is 29.6. The molecule has 0 saturated heterocycles. The summed E-state index contributed by atoms with van der Waals surface area (Å²) in [5.41, 5.74) is 0.715. The molecule has 282 valence electrons. The van der Waals surface area contributed by atoms with Crippen molar-refractivity contribution in [2.45, 2.75) is 118 Å². The first-order valence-corrected chi connectivity index (χ1v) is 15.5. The predicted molar refractivity (Wildman–Crippen MR) is 166 cm³/mol. The second-order valence-corrected chi connectivity index (χ2v) is 10.9. The molecule has 0 unspecified atom stereocenters. The minimum absolute atomic E-state index is 0.0495. The maximum absolute atomic E-state index is 12.4. The molecule has 8 atom stereocenters. The second-order valence-electron chi connectivity index (χ2n) is 10.9. The second kappa shape index (κ2) is 20.8. The van der Waals surface area contributed by atoms with Gasteiger partial charge < -0.3 is 42.6 Å². The Kier molecular flexibility index (Phi) is 17.8. The molecule has 1 aromatic rings. The van der Waals surface area contributed by atoms with Crippen molar-refractivity contribution in [3.8, 4) is 0 Å². The molecule has 0 aliphatic rings. The van der Waals surface area contributed by atoms with E-state index in [9.17, 15) is 43.2 Å². The molecule has 0 N–H and O–H groups in total. The molecule has 0 bridgehead atoms. The first-order valence-electron chi connectivity index (χ1n) is 15.5. The van der Waals surface area contributed by atoms with Crippen molar-refractivity contribution >= 4 is 53.7 Å². The van der Waals surface area contributed by atoms with E-state index in [4.69, 9.17) is 37.9 Å². The van der Waals surface area contributed by atoms with E-state index in [1.807, 2.05) is 0 Å². The summed E-state index contributed by atoms with van der Waals surface area (Å²) in [5, 5.41) is 0. The zero-order chi connectivity index (χ0) is 39.0. The maximum Gasteiger partial charge on any atom is 0.347 e. The molecule has 0 aliphatic heterocycles. The first-order chi connectivity index (χ1) is 23.7. The standard InChI is InChI=1S/C33H42O18/c1-16(26(35)43-15-25-13-11-10-12-14-25)45-28(37)18(3)47-30(39)20(5)49-32(41)22(7)51-33(42)23(8)50-31(40)21(6)48-29(38)19(4)46-27(36)17(2)44-24(9)34/h10-14,16-23H,15H2,1-9H3/t16-,17-,18-,19-,20-,21-,22-,23-/m0/s1. The van der Waals surface area contributed by atoms with Crippen LogP contribution in [0.5, 0.6) is 0 Å². The van der Waals surface area contributed by atoms with Gasteiger partial charge in [0.25, 0.3) is 0 Å². The minimum Gasteiger partial charge on any atom is -0.458 e. The minimum atomic E-state index is -1.61. The highest BCUT2D eigenvalue weighted by molar-refractivity contribution is 5.88. The Bertz CT molecular complexity index is 1420. The van der Waals surface area contributed by atoms with Crippen molar-refractivity contribution < 1.29 is 85.8 Å². The van der Waals surface area contributed by atoms with E-state index >= 15 is 0 Å². The molecule has 0 heterocycles. The Labute approximate surface area is 293 Å². The van der Waals surface area contributed by atoms with Crippen molar-refractivity contribution in [1.29, 1.82) is 0 Å². The summed E-state index contributed by atoms with van der Waals surface area (Å²) in [6.07, 6.45) is -12.0. The Hall–Kier alpha value is -5.55. The van der Waals surface area contributed by atoms with E-state index in [1.54, 1.807) is 30.3 Å². The summed E-state index contributed by atoms with van der Waals surface area (Å²) in [6.45, 7) is 10.2. The van der Waals surface area contributed by atoms with Gasteiger partial charge in [-0.15, -0.1) is 0 Å². The van der Waals surface area contributed by atoms with Gasteiger partial charge in [-0.3, -0.25) is 4.79 Å². The molecule has 0 amide bonds. The van der Waals surface area contributed by atoms with E-state index in [2.05, 4.69) is 4.74 Å². The number of rotatable bonds is 18. The van der Waals surface area contributed by atoms with Gasteiger partial charge in [0.05, 0.1) is 0 Å². The van der Waals surface area contributed by atoms with Gasteiger partial charge >= 0.3 is 53.7 Å². The van der Waals surface area contributed by atoms with Crippen molar-refractivity contribution in [2.24, 2.45) is 0 Å². The van der Waals surface area contributed by atoms with Crippen LogP contribution in [-0.2, 0) is 92.4 Å². The molecule has 51 heavy (non-hydrogen) atoms. The van der Waals surface area contributed by atoms with Gasteiger partial charge in [-0.2, -0.15) is 0 Å². The van der Waals surface area contributed by atoms with Gasteiger partial charge in [0, 0.05) is 6.92 Å². The van der Waals surface area contributed by atoms with Crippen molar-refractivity contribution in [1.82, 2.24) is 0 Å². The highest BCUT2D eigenvalue weighted by Crippen LogP contribution is 2.10. The van der Waals surface area contributed by atoms with Crippen LogP contribution in [0.1, 0.15) is 67.9 Å². The summed E-state index contributed by atoms with van der Waals surface area (Å²) in [6, 6.07) is 8.77. The lowest BCUT2D eigenvalue weighted by molar-refractivity contribution is -0.189. The van der Waals surface area contributed by atoms with Crippen LogP contribution in [-0.4, -0.2) is 103 Å². The topological polar surface area (TPSA) is 237 Å². The third kappa shape index (κ3) is 15.7. The lowest BCUT2D eigenvalue weighted by Gasteiger charge is -2.21. The van der Waals surface area contributed by atoms with Crippen LogP contribution < -0.4 is 0 Å². The highest BCUT2D eigenvalue weighted by atomic mass is 16.7. The Morgan fingerprint density at radius 3 is 0.882 bits per heavy atom. The third-order valence-corrected chi connectivity index (χ3v) is 6.27. The first kappa shape index (κ1) is 43.5. The molecule has 0 spiro atoms. The SMILES string of the molecule is CC(=O)O[C@@H](C)C(=O)O[C@@H](C)C(=O)O[C@@H](C)C(=O)O[C@@H](C)C(=O)O[C@@H](C)C(=O)O[C@@H](C)C(=O)O[C@@H](C)C(=O)O[C@@H](C)C(=O)OCc1ccccc1. The van der Waals surface area contributed by atoms with Crippen LogP contribution in [0.2, 0.25) is 0 Å². The number of esters is 9. The summed E-state index contributed by atoms with van der Waals surface area (Å²) in [5.74, 6) is -9.64. The van der Waals surface area contributed by atoms with Gasteiger partial charge in [-0.25, -0.2) is 38.4 Å². The van der Waals surface area contributed by atoms with Crippen molar-refractivity contribution in [3.63, 3.8) is 0 Å². The Morgan fingerprint density at radius 1 is 0.392 bits per heavy atom. The molecule has 1 aromatic carbocycles. The van der Waals surface area contributed by atoms with Crippen LogP contribution >= 0.6 is 0 Å². The van der Waals surface area contributed by atoms with Crippen LogP contribution in [0, 0.1) is 0 Å². The monoisotopic (exact) mass is 726 g/mol. The molecule has 0 radical (unpaired) electrons. The molecule has 0 saturated carbocycles. The smallest absolute Gasteiger partial charge is 0.347 e. The fourth-order valence-electron chi connectivity index (χ4n) is 3.37. The molecule has 18 heteroatoms. The van der Waals surface area contributed by atoms with Gasteiger partial charge in [0.2, 0.25) is 0 Å². The third-order valence-electron chi connectivity index (χ3n) is 6.27. The quantitative estimate of drug-likeness (QED) is 0.153. The molecular weight excluding hydrogens is 684 g/mol. The lowest BCUT2D eigenvalue weighted by Crippen LogP contribution is -2.39. The van der Waals surface area contributed by atoms with E-state index in [1.165, 1.54) is 13.8 Å². The van der Waals surface area contributed by atoms with E-state index in [0.29, 0.717) is 5.56 Å². The number of carbonyl (C=O) groups is 9. The number of benzene rings is 1. The largest absolute Gasteiger partial charge is 0.458 e.